The number of halogens is 1. The van der Waals surface area contributed by atoms with Crippen LogP contribution in [0.15, 0.2) is 0 Å². The zero-order valence-electron chi connectivity index (χ0n) is 10.9. The van der Waals surface area contributed by atoms with E-state index in [4.69, 9.17) is 11.6 Å². The molecule has 0 radical (unpaired) electrons. The van der Waals surface area contributed by atoms with E-state index in [0.29, 0.717) is 5.38 Å². The quantitative estimate of drug-likeness (QED) is 0.451. The molecule has 0 bridgehead atoms. The van der Waals surface area contributed by atoms with Crippen molar-refractivity contribution in [1.82, 2.24) is 4.90 Å². The van der Waals surface area contributed by atoms with Crippen LogP contribution in [0.5, 0.6) is 0 Å². The maximum atomic E-state index is 6.17. The summed E-state index contributed by atoms with van der Waals surface area (Å²) in [5.41, 5.74) is 0. The second kappa shape index (κ2) is 9.30. The van der Waals surface area contributed by atoms with E-state index in [1.165, 1.54) is 70.9 Å². The standard InChI is InChI=1S/C14H28ClN/c1-2-3-4-5-6-7-8-11-16-12-9-10-14(15)13-16/h14H,2-13H2,1H3. The van der Waals surface area contributed by atoms with Crippen LogP contribution in [0.3, 0.4) is 0 Å². The Kier molecular flexibility index (Phi) is 8.32. The molecule has 1 aliphatic heterocycles. The highest BCUT2D eigenvalue weighted by atomic mass is 35.5. The molecule has 1 unspecified atom stereocenters. The molecule has 2 heteroatoms. The molecule has 0 aromatic carbocycles. The number of piperidine rings is 1. The molecule has 16 heavy (non-hydrogen) atoms. The lowest BCUT2D eigenvalue weighted by Gasteiger charge is -2.29. The van der Waals surface area contributed by atoms with Gasteiger partial charge in [-0.1, -0.05) is 45.4 Å². The summed E-state index contributed by atoms with van der Waals surface area (Å²) in [5.74, 6) is 0. The second-order valence-electron chi connectivity index (χ2n) is 5.16. The Bertz CT molecular complexity index is 161. The van der Waals surface area contributed by atoms with Crippen LogP contribution < -0.4 is 0 Å². The van der Waals surface area contributed by atoms with E-state index in [1.807, 2.05) is 0 Å². The Balaban J connectivity index is 1.86. The first-order valence-corrected chi connectivity index (χ1v) is 7.63. The van der Waals surface area contributed by atoms with Crippen LogP contribution in [0.1, 0.15) is 64.7 Å². The minimum absolute atomic E-state index is 0.415. The maximum absolute atomic E-state index is 6.17. The van der Waals surface area contributed by atoms with Gasteiger partial charge in [-0.2, -0.15) is 0 Å². The van der Waals surface area contributed by atoms with Crippen molar-refractivity contribution in [2.75, 3.05) is 19.6 Å². The summed E-state index contributed by atoms with van der Waals surface area (Å²) >= 11 is 6.17. The molecule has 1 nitrogen and oxygen atoms in total. The molecular weight excluding hydrogens is 218 g/mol. The summed E-state index contributed by atoms with van der Waals surface area (Å²) in [6, 6.07) is 0. The Hall–Kier alpha value is 0.250. The number of hydrogen-bond acceptors (Lipinski definition) is 1. The Morgan fingerprint density at radius 2 is 1.75 bits per heavy atom. The van der Waals surface area contributed by atoms with Gasteiger partial charge >= 0.3 is 0 Å². The van der Waals surface area contributed by atoms with Crippen molar-refractivity contribution in [3.8, 4) is 0 Å². The van der Waals surface area contributed by atoms with E-state index in [-0.39, 0.29) is 0 Å². The summed E-state index contributed by atoms with van der Waals surface area (Å²) < 4.78 is 0. The lowest BCUT2D eigenvalue weighted by atomic mass is 10.1. The van der Waals surface area contributed by atoms with Gasteiger partial charge in [0.25, 0.3) is 0 Å². The SMILES string of the molecule is CCCCCCCCCN1CCCC(Cl)C1. The minimum Gasteiger partial charge on any atom is -0.302 e. The molecule has 1 saturated heterocycles. The highest BCUT2D eigenvalue weighted by Gasteiger charge is 2.16. The van der Waals surface area contributed by atoms with Crippen LogP contribution >= 0.6 is 11.6 Å². The molecule has 1 fully saturated rings. The zero-order chi connectivity index (χ0) is 11.6. The van der Waals surface area contributed by atoms with Gasteiger partial charge in [-0.3, -0.25) is 0 Å². The fourth-order valence-corrected chi connectivity index (χ4v) is 2.84. The largest absolute Gasteiger partial charge is 0.302 e. The number of alkyl halides is 1. The van der Waals surface area contributed by atoms with Crippen molar-refractivity contribution in [3.05, 3.63) is 0 Å². The van der Waals surface area contributed by atoms with Crippen LogP contribution in [0.2, 0.25) is 0 Å². The number of nitrogens with zero attached hydrogens (tertiary/aromatic N) is 1. The first kappa shape index (κ1) is 14.3. The molecule has 0 amide bonds. The molecule has 0 aromatic heterocycles. The van der Waals surface area contributed by atoms with Crippen LogP contribution in [0, 0.1) is 0 Å². The summed E-state index contributed by atoms with van der Waals surface area (Å²) in [5, 5.41) is 0.415. The third kappa shape index (κ3) is 6.75. The topological polar surface area (TPSA) is 3.24 Å². The fourth-order valence-electron chi connectivity index (χ4n) is 2.49. The zero-order valence-corrected chi connectivity index (χ0v) is 11.6. The highest BCUT2D eigenvalue weighted by molar-refractivity contribution is 6.20. The third-order valence-corrected chi connectivity index (χ3v) is 3.88. The van der Waals surface area contributed by atoms with E-state index in [9.17, 15) is 0 Å². The van der Waals surface area contributed by atoms with Gasteiger partial charge in [0.2, 0.25) is 0 Å². The predicted octanol–water partition coefficient (Wildman–Crippen LogP) is 4.44. The maximum Gasteiger partial charge on any atom is 0.0463 e. The summed E-state index contributed by atoms with van der Waals surface area (Å²) in [6.07, 6.45) is 12.4. The van der Waals surface area contributed by atoms with Gasteiger partial charge in [-0.15, -0.1) is 11.6 Å². The molecule has 0 aliphatic carbocycles. The van der Waals surface area contributed by atoms with E-state index in [2.05, 4.69) is 11.8 Å². The number of likely N-dealkylation sites (tertiary alicyclic amines) is 1. The molecule has 1 atom stereocenters. The Labute approximate surface area is 107 Å². The second-order valence-corrected chi connectivity index (χ2v) is 5.78. The van der Waals surface area contributed by atoms with Gasteiger partial charge in [0.1, 0.15) is 0 Å². The molecule has 0 N–H and O–H groups in total. The smallest absolute Gasteiger partial charge is 0.0463 e. The number of hydrogen-bond donors (Lipinski definition) is 0. The van der Waals surface area contributed by atoms with Crippen LogP contribution in [0.25, 0.3) is 0 Å². The highest BCUT2D eigenvalue weighted by Crippen LogP contribution is 2.16. The normalized spacial score (nSPS) is 22.5. The van der Waals surface area contributed by atoms with Gasteiger partial charge < -0.3 is 4.90 Å². The fraction of sp³-hybridized carbons (Fsp3) is 1.00. The lowest BCUT2D eigenvalue weighted by Crippen LogP contribution is -2.36. The van der Waals surface area contributed by atoms with Gasteiger partial charge in [0, 0.05) is 11.9 Å². The van der Waals surface area contributed by atoms with E-state index < -0.39 is 0 Å². The van der Waals surface area contributed by atoms with Gasteiger partial charge in [0.15, 0.2) is 0 Å². The van der Waals surface area contributed by atoms with E-state index >= 15 is 0 Å². The third-order valence-electron chi connectivity index (χ3n) is 3.53. The van der Waals surface area contributed by atoms with E-state index in [1.54, 1.807) is 0 Å². The number of rotatable bonds is 8. The Morgan fingerprint density at radius 1 is 1.06 bits per heavy atom. The first-order valence-electron chi connectivity index (χ1n) is 7.19. The minimum atomic E-state index is 0.415. The van der Waals surface area contributed by atoms with Crippen LogP contribution in [-0.4, -0.2) is 29.9 Å². The molecular formula is C14H28ClN. The van der Waals surface area contributed by atoms with Gasteiger partial charge in [0.05, 0.1) is 0 Å². The monoisotopic (exact) mass is 245 g/mol. The Morgan fingerprint density at radius 3 is 2.44 bits per heavy atom. The van der Waals surface area contributed by atoms with E-state index in [0.717, 1.165) is 6.54 Å². The molecule has 0 saturated carbocycles. The van der Waals surface area contributed by atoms with Gasteiger partial charge in [-0.25, -0.2) is 0 Å². The molecule has 1 rings (SSSR count). The lowest BCUT2D eigenvalue weighted by molar-refractivity contribution is 0.227. The van der Waals surface area contributed by atoms with Crippen molar-refractivity contribution in [1.29, 1.82) is 0 Å². The van der Waals surface area contributed by atoms with Crippen molar-refractivity contribution in [2.24, 2.45) is 0 Å². The van der Waals surface area contributed by atoms with Crippen LogP contribution in [0.4, 0.5) is 0 Å². The predicted molar refractivity (Wildman–Crippen MR) is 73.3 cm³/mol. The molecule has 0 aromatic rings. The molecule has 1 aliphatic rings. The molecule has 1 heterocycles. The average Bonchev–Trinajstić information content (AvgIpc) is 2.28. The number of unbranched alkanes of at least 4 members (excludes halogenated alkanes) is 6. The van der Waals surface area contributed by atoms with Crippen LogP contribution in [-0.2, 0) is 0 Å². The summed E-state index contributed by atoms with van der Waals surface area (Å²) in [6.45, 7) is 5.95. The molecule has 96 valence electrons. The van der Waals surface area contributed by atoms with Crippen molar-refractivity contribution < 1.29 is 0 Å². The van der Waals surface area contributed by atoms with Crippen molar-refractivity contribution in [2.45, 2.75) is 70.1 Å². The summed E-state index contributed by atoms with van der Waals surface area (Å²) in [7, 11) is 0. The van der Waals surface area contributed by atoms with Crippen molar-refractivity contribution >= 4 is 11.6 Å². The first-order chi connectivity index (χ1) is 7.83. The molecule has 0 spiro atoms. The van der Waals surface area contributed by atoms with Crippen molar-refractivity contribution in [3.63, 3.8) is 0 Å². The average molecular weight is 246 g/mol. The van der Waals surface area contributed by atoms with Gasteiger partial charge in [-0.05, 0) is 32.4 Å². The summed E-state index contributed by atoms with van der Waals surface area (Å²) in [4.78, 5) is 2.55.